The summed E-state index contributed by atoms with van der Waals surface area (Å²) in [5.41, 5.74) is -0.553. The molecular formula is C16H28N2O3. The first-order valence-electron chi connectivity index (χ1n) is 8.17. The third-order valence-electron chi connectivity index (χ3n) is 5.12. The van der Waals surface area contributed by atoms with Crippen molar-refractivity contribution < 1.29 is 14.3 Å². The van der Waals surface area contributed by atoms with Gasteiger partial charge in [0.25, 0.3) is 0 Å². The van der Waals surface area contributed by atoms with Gasteiger partial charge in [-0.1, -0.05) is 0 Å². The highest BCUT2D eigenvalue weighted by Crippen LogP contribution is 2.43. The molecule has 120 valence electrons. The fourth-order valence-corrected chi connectivity index (χ4v) is 3.42. The molecule has 0 aromatic carbocycles. The van der Waals surface area contributed by atoms with Crippen molar-refractivity contribution in [2.45, 2.75) is 56.7 Å². The van der Waals surface area contributed by atoms with Crippen LogP contribution in [0.4, 0.5) is 0 Å². The maximum atomic E-state index is 12.6. The van der Waals surface area contributed by atoms with E-state index in [1.807, 2.05) is 0 Å². The van der Waals surface area contributed by atoms with Gasteiger partial charge in [0.1, 0.15) is 5.54 Å². The minimum atomic E-state index is -0.523. The van der Waals surface area contributed by atoms with Gasteiger partial charge in [-0.05, 0) is 45.4 Å². The molecular weight excluding hydrogens is 268 g/mol. The molecule has 3 fully saturated rings. The Morgan fingerprint density at radius 1 is 1.38 bits per heavy atom. The van der Waals surface area contributed by atoms with Crippen molar-refractivity contribution in [3.8, 4) is 0 Å². The van der Waals surface area contributed by atoms with Gasteiger partial charge in [0.15, 0.2) is 0 Å². The molecule has 0 amide bonds. The van der Waals surface area contributed by atoms with Gasteiger partial charge >= 0.3 is 5.97 Å². The molecule has 1 saturated heterocycles. The Morgan fingerprint density at radius 3 is 2.62 bits per heavy atom. The van der Waals surface area contributed by atoms with Crippen LogP contribution in [-0.2, 0) is 14.3 Å². The van der Waals surface area contributed by atoms with Crippen LogP contribution in [-0.4, -0.2) is 61.4 Å². The lowest BCUT2D eigenvalue weighted by atomic mass is 9.89. The summed E-state index contributed by atoms with van der Waals surface area (Å²) in [6.07, 6.45) is 4.61. The molecule has 0 spiro atoms. The third-order valence-corrected chi connectivity index (χ3v) is 5.12. The summed E-state index contributed by atoms with van der Waals surface area (Å²) in [6, 6.07) is 0.494. The summed E-state index contributed by atoms with van der Waals surface area (Å²) in [7, 11) is 1.51. The summed E-state index contributed by atoms with van der Waals surface area (Å²) in [4.78, 5) is 15.0. The van der Waals surface area contributed by atoms with Crippen LogP contribution in [0.15, 0.2) is 0 Å². The van der Waals surface area contributed by atoms with E-state index in [1.54, 1.807) is 0 Å². The second-order valence-electron chi connectivity index (χ2n) is 7.44. The van der Waals surface area contributed by atoms with Crippen LogP contribution < -0.4 is 5.32 Å². The van der Waals surface area contributed by atoms with Crippen molar-refractivity contribution in [3.05, 3.63) is 0 Å². The SMILES string of the molecule is COC(=O)C(CN1CCOCC1(C)C)(NC1CC1)C1CC1. The lowest BCUT2D eigenvalue weighted by Gasteiger charge is -2.47. The van der Waals surface area contributed by atoms with Crippen molar-refractivity contribution in [2.75, 3.05) is 33.4 Å². The first-order chi connectivity index (χ1) is 9.98. The number of rotatable bonds is 6. The van der Waals surface area contributed by atoms with E-state index in [0.717, 1.165) is 39.1 Å². The standard InChI is InChI=1S/C16H28N2O3/c1-15(2)11-21-9-8-18(15)10-16(12-4-5-12,14(19)20-3)17-13-6-7-13/h12-13,17H,4-11H2,1-3H3. The molecule has 1 heterocycles. The molecule has 1 aliphatic heterocycles. The second-order valence-corrected chi connectivity index (χ2v) is 7.44. The van der Waals surface area contributed by atoms with Crippen molar-refractivity contribution in [1.82, 2.24) is 10.2 Å². The van der Waals surface area contributed by atoms with E-state index < -0.39 is 5.54 Å². The third kappa shape index (κ3) is 3.10. The summed E-state index contributed by atoms with van der Waals surface area (Å²) < 4.78 is 10.8. The van der Waals surface area contributed by atoms with Gasteiger partial charge in [-0.25, -0.2) is 4.79 Å². The number of methoxy groups -OCH3 is 1. The van der Waals surface area contributed by atoms with Gasteiger partial charge in [0.05, 0.1) is 20.3 Å². The molecule has 1 N–H and O–H groups in total. The maximum Gasteiger partial charge on any atom is 0.327 e. The number of carbonyl (C=O) groups excluding carboxylic acids is 1. The molecule has 1 unspecified atom stereocenters. The minimum absolute atomic E-state index is 0.0301. The van der Waals surface area contributed by atoms with Crippen LogP contribution in [0.1, 0.15) is 39.5 Å². The lowest BCUT2D eigenvalue weighted by molar-refractivity contribution is -0.153. The molecule has 3 aliphatic rings. The van der Waals surface area contributed by atoms with Gasteiger partial charge in [-0.2, -0.15) is 0 Å². The fourth-order valence-electron chi connectivity index (χ4n) is 3.42. The summed E-state index contributed by atoms with van der Waals surface area (Å²) >= 11 is 0. The zero-order valence-corrected chi connectivity index (χ0v) is 13.5. The first-order valence-corrected chi connectivity index (χ1v) is 8.17. The Kier molecular flexibility index (Phi) is 4.01. The molecule has 3 rings (SSSR count). The molecule has 21 heavy (non-hydrogen) atoms. The van der Waals surface area contributed by atoms with E-state index in [1.165, 1.54) is 20.0 Å². The second kappa shape index (κ2) is 5.52. The van der Waals surface area contributed by atoms with Crippen molar-refractivity contribution in [1.29, 1.82) is 0 Å². The highest BCUT2D eigenvalue weighted by atomic mass is 16.5. The molecule has 2 saturated carbocycles. The van der Waals surface area contributed by atoms with Crippen LogP contribution in [0.25, 0.3) is 0 Å². The number of esters is 1. The zero-order valence-electron chi connectivity index (χ0n) is 13.5. The smallest absolute Gasteiger partial charge is 0.327 e. The molecule has 0 aromatic heterocycles. The first kappa shape index (κ1) is 15.3. The van der Waals surface area contributed by atoms with Crippen LogP contribution >= 0.6 is 0 Å². The van der Waals surface area contributed by atoms with Gasteiger partial charge in [0, 0.05) is 24.7 Å². The normalized spacial score (nSPS) is 28.9. The number of morpholine rings is 1. The highest BCUT2D eigenvalue weighted by molar-refractivity contribution is 5.82. The van der Waals surface area contributed by atoms with Gasteiger partial charge in [0.2, 0.25) is 0 Å². The minimum Gasteiger partial charge on any atom is -0.468 e. The Labute approximate surface area is 127 Å². The molecule has 5 nitrogen and oxygen atoms in total. The van der Waals surface area contributed by atoms with Gasteiger partial charge in [-0.3, -0.25) is 10.2 Å². The molecule has 1 atom stereocenters. The van der Waals surface area contributed by atoms with E-state index in [0.29, 0.717) is 12.0 Å². The number of hydrogen-bond donors (Lipinski definition) is 1. The number of ether oxygens (including phenoxy) is 2. The van der Waals surface area contributed by atoms with E-state index in [4.69, 9.17) is 9.47 Å². The average molecular weight is 296 g/mol. The summed E-state index contributed by atoms with van der Waals surface area (Å²) in [6.45, 7) is 7.46. The zero-order chi connectivity index (χ0) is 15.1. The van der Waals surface area contributed by atoms with Crippen LogP contribution in [0.3, 0.4) is 0 Å². The van der Waals surface area contributed by atoms with Crippen LogP contribution in [0, 0.1) is 5.92 Å². The van der Waals surface area contributed by atoms with E-state index in [9.17, 15) is 4.79 Å². The molecule has 0 aromatic rings. The van der Waals surface area contributed by atoms with Gasteiger partial charge in [-0.15, -0.1) is 0 Å². The molecule has 0 radical (unpaired) electrons. The maximum absolute atomic E-state index is 12.6. The van der Waals surface area contributed by atoms with Crippen molar-refractivity contribution >= 4 is 5.97 Å². The Bertz CT molecular complexity index is 404. The largest absolute Gasteiger partial charge is 0.468 e. The number of nitrogens with zero attached hydrogens (tertiary/aromatic N) is 1. The van der Waals surface area contributed by atoms with E-state index >= 15 is 0 Å². The monoisotopic (exact) mass is 296 g/mol. The number of carbonyl (C=O) groups is 1. The van der Waals surface area contributed by atoms with E-state index in [2.05, 4.69) is 24.1 Å². The molecule has 2 aliphatic carbocycles. The lowest BCUT2D eigenvalue weighted by Crippen LogP contribution is -2.66. The van der Waals surface area contributed by atoms with Crippen molar-refractivity contribution in [3.63, 3.8) is 0 Å². The molecule has 5 heteroatoms. The Morgan fingerprint density at radius 2 is 2.10 bits per heavy atom. The molecule has 0 bridgehead atoms. The summed E-state index contributed by atoms with van der Waals surface area (Å²) in [5, 5.41) is 3.65. The number of hydrogen-bond acceptors (Lipinski definition) is 5. The Balaban J connectivity index is 1.81. The predicted molar refractivity (Wildman–Crippen MR) is 80.1 cm³/mol. The Hall–Kier alpha value is -0.650. The fraction of sp³-hybridized carbons (Fsp3) is 0.938. The highest BCUT2D eigenvalue weighted by Gasteiger charge is 2.55. The van der Waals surface area contributed by atoms with Crippen LogP contribution in [0.2, 0.25) is 0 Å². The number of nitrogens with one attached hydrogen (secondary N) is 1. The van der Waals surface area contributed by atoms with Crippen LogP contribution in [0.5, 0.6) is 0 Å². The van der Waals surface area contributed by atoms with E-state index in [-0.39, 0.29) is 11.5 Å². The van der Waals surface area contributed by atoms with Gasteiger partial charge < -0.3 is 9.47 Å². The summed E-state index contributed by atoms with van der Waals surface area (Å²) in [5.74, 6) is 0.336. The quantitative estimate of drug-likeness (QED) is 0.746. The topological polar surface area (TPSA) is 50.8 Å². The van der Waals surface area contributed by atoms with Crippen molar-refractivity contribution in [2.24, 2.45) is 5.92 Å². The average Bonchev–Trinajstić information content (AvgIpc) is 3.31. The predicted octanol–water partition coefficient (Wildman–Crippen LogP) is 1.17.